The summed E-state index contributed by atoms with van der Waals surface area (Å²) in [7, 11) is 0. The molecule has 8 nitrogen and oxygen atoms in total. The lowest BCUT2D eigenvalue weighted by atomic mass is 10.1. The quantitative estimate of drug-likeness (QED) is 0.762. The molecule has 1 aliphatic heterocycles. The molecule has 0 aliphatic carbocycles. The van der Waals surface area contributed by atoms with Gasteiger partial charge in [0.15, 0.2) is 0 Å². The first-order valence-electron chi connectivity index (χ1n) is 9.03. The SMILES string of the molecule is Cc1cnc(C(=O)NCCNc2cc(N3CCCCC3)nc(C)n2)cn1. The molecule has 0 spiro atoms. The Hall–Kier alpha value is -2.77. The van der Waals surface area contributed by atoms with Crippen LogP contribution in [0.5, 0.6) is 0 Å². The summed E-state index contributed by atoms with van der Waals surface area (Å²) in [5.41, 5.74) is 1.10. The van der Waals surface area contributed by atoms with E-state index in [1.54, 1.807) is 6.20 Å². The Morgan fingerprint density at radius 3 is 2.62 bits per heavy atom. The van der Waals surface area contributed by atoms with Gasteiger partial charge >= 0.3 is 0 Å². The standard InChI is InChI=1S/C18H25N7O/c1-13-11-22-15(12-21-13)18(26)20-7-6-19-16-10-17(24-14(2)23-16)25-8-4-3-5-9-25/h10-12H,3-9H2,1-2H3,(H,20,26)(H,19,23,24). The van der Waals surface area contributed by atoms with Crippen LogP contribution >= 0.6 is 0 Å². The molecule has 26 heavy (non-hydrogen) atoms. The van der Waals surface area contributed by atoms with E-state index in [-0.39, 0.29) is 5.91 Å². The molecule has 1 saturated heterocycles. The minimum absolute atomic E-state index is 0.229. The van der Waals surface area contributed by atoms with Gasteiger partial charge in [0, 0.05) is 38.4 Å². The molecule has 1 fully saturated rings. The lowest BCUT2D eigenvalue weighted by molar-refractivity contribution is 0.0949. The van der Waals surface area contributed by atoms with E-state index in [2.05, 4.69) is 35.5 Å². The summed E-state index contributed by atoms with van der Waals surface area (Å²) in [6.07, 6.45) is 6.77. The van der Waals surface area contributed by atoms with Crippen molar-refractivity contribution in [2.75, 3.05) is 36.4 Å². The summed E-state index contributed by atoms with van der Waals surface area (Å²) in [6, 6.07) is 1.98. The van der Waals surface area contributed by atoms with E-state index in [4.69, 9.17) is 0 Å². The van der Waals surface area contributed by atoms with Gasteiger partial charge in [0.25, 0.3) is 5.91 Å². The number of carbonyl (C=O) groups excluding carboxylic acids is 1. The predicted octanol–water partition coefficient (Wildman–Crippen LogP) is 1.72. The summed E-state index contributed by atoms with van der Waals surface area (Å²) >= 11 is 0. The monoisotopic (exact) mass is 355 g/mol. The number of aryl methyl sites for hydroxylation is 2. The number of carbonyl (C=O) groups is 1. The molecule has 2 aromatic rings. The van der Waals surface area contributed by atoms with Crippen LogP contribution in [0.4, 0.5) is 11.6 Å². The number of amides is 1. The Morgan fingerprint density at radius 2 is 1.88 bits per heavy atom. The van der Waals surface area contributed by atoms with Crippen LogP contribution in [0.25, 0.3) is 0 Å². The van der Waals surface area contributed by atoms with Crippen LogP contribution in [-0.2, 0) is 0 Å². The molecule has 2 aromatic heterocycles. The average molecular weight is 355 g/mol. The van der Waals surface area contributed by atoms with E-state index in [9.17, 15) is 4.79 Å². The highest BCUT2D eigenvalue weighted by Crippen LogP contribution is 2.20. The number of aromatic nitrogens is 4. The smallest absolute Gasteiger partial charge is 0.271 e. The third-order valence-electron chi connectivity index (χ3n) is 4.23. The lowest BCUT2D eigenvalue weighted by Crippen LogP contribution is -2.31. The second-order valence-corrected chi connectivity index (χ2v) is 6.43. The molecule has 0 atom stereocenters. The third kappa shape index (κ3) is 4.87. The van der Waals surface area contributed by atoms with Crippen molar-refractivity contribution in [2.24, 2.45) is 0 Å². The minimum Gasteiger partial charge on any atom is -0.368 e. The fraction of sp³-hybridized carbons (Fsp3) is 0.500. The Bertz CT molecular complexity index is 742. The van der Waals surface area contributed by atoms with E-state index < -0.39 is 0 Å². The molecule has 1 aliphatic rings. The zero-order chi connectivity index (χ0) is 18.4. The van der Waals surface area contributed by atoms with Crippen molar-refractivity contribution < 1.29 is 4.79 Å². The van der Waals surface area contributed by atoms with Gasteiger partial charge < -0.3 is 15.5 Å². The van der Waals surface area contributed by atoms with Gasteiger partial charge in [0.05, 0.1) is 11.9 Å². The Balaban J connectivity index is 1.50. The van der Waals surface area contributed by atoms with Crippen molar-refractivity contribution in [3.8, 4) is 0 Å². The maximum absolute atomic E-state index is 12.0. The number of rotatable bonds is 6. The first kappa shape index (κ1) is 18.0. The number of piperidine rings is 1. The Kier molecular flexibility index (Phi) is 5.93. The van der Waals surface area contributed by atoms with Crippen LogP contribution < -0.4 is 15.5 Å². The molecule has 0 radical (unpaired) electrons. The van der Waals surface area contributed by atoms with Crippen molar-refractivity contribution in [3.05, 3.63) is 35.7 Å². The maximum Gasteiger partial charge on any atom is 0.271 e. The van der Waals surface area contributed by atoms with Gasteiger partial charge in [-0.2, -0.15) is 0 Å². The molecule has 0 saturated carbocycles. The fourth-order valence-electron chi connectivity index (χ4n) is 2.89. The van der Waals surface area contributed by atoms with Crippen molar-refractivity contribution >= 4 is 17.5 Å². The first-order valence-corrected chi connectivity index (χ1v) is 9.03. The molecule has 0 bridgehead atoms. The third-order valence-corrected chi connectivity index (χ3v) is 4.23. The summed E-state index contributed by atoms with van der Waals surface area (Å²) in [5.74, 6) is 2.27. The molecular weight excluding hydrogens is 330 g/mol. The number of hydrogen-bond acceptors (Lipinski definition) is 7. The zero-order valence-electron chi connectivity index (χ0n) is 15.3. The van der Waals surface area contributed by atoms with E-state index in [0.717, 1.165) is 36.2 Å². The van der Waals surface area contributed by atoms with E-state index >= 15 is 0 Å². The van der Waals surface area contributed by atoms with Crippen LogP contribution in [0.15, 0.2) is 18.5 Å². The molecule has 3 rings (SSSR count). The molecular formula is C18H25N7O. The van der Waals surface area contributed by atoms with Crippen LogP contribution in [0.1, 0.15) is 41.3 Å². The Labute approximate surface area is 153 Å². The lowest BCUT2D eigenvalue weighted by Gasteiger charge is -2.28. The van der Waals surface area contributed by atoms with Gasteiger partial charge in [-0.1, -0.05) is 0 Å². The minimum atomic E-state index is -0.229. The summed E-state index contributed by atoms with van der Waals surface area (Å²) < 4.78 is 0. The van der Waals surface area contributed by atoms with Gasteiger partial charge in [0.2, 0.25) is 0 Å². The summed E-state index contributed by atoms with van der Waals surface area (Å²) in [4.78, 5) is 31.4. The largest absolute Gasteiger partial charge is 0.368 e. The molecule has 3 heterocycles. The van der Waals surface area contributed by atoms with E-state index in [1.807, 2.05) is 19.9 Å². The summed E-state index contributed by atoms with van der Waals surface area (Å²) in [5, 5.41) is 6.08. The second-order valence-electron chi connectivity index (χ2n) is 6.43. The number of hydrogen-bond donors (Lipinski definition) is 2. The van der Waals surface area contributed by atoms with Crippen LogP contribution in [0.3, 0.4) is 0 Å². The maximum atomic E-state index is 12.0. The Morgan fingerprint density at radius 1 is 1.08 bits per heavy atom. The van der Waals surface area contributed by atoms with Gasteiger partial charge in [-0.25, -0.2) is 15.0 Å². The van der Waals surface area contributed by atoms with Gasteiger partial charge in [-0.05, 0) is 33.1 Å². The van der Waals surface area contributed by atoms with Gasteiger partial charge in [-0.3, -0.25) is 9.78 Å². The van der Waals surface area contributed by atoms with Crippen LogP contribution in [0.2, 0.25) is 0 Å². The topological polar surface area (TPSA) is 95.9 Å². The van der Waals surface area contributed by atoms with Crippen LogP contribution in [-0.4, -0.2) is 52.0 Å². The molecule has 8 heteroatoms. The normalized spacial score (nSPS) is 14.2. The fourth-order valence-corrected chi connectivity index (χ4v) is 2.89. The highest BCUT2D eigenvalue weighted by atomic mass is 16.1. The first-order chi connectivity index (χ1) is 12.6. The number of anilines is 2. The zero-order valence-corrected chi connectivity index (χ0v) is 15.3. The molecule has 138 valence electrons. The van der Waals surface area contributed by atoms with Gasteiger partial charge in [-0.15, -0.1) is 0 Å². The highest BCUT2D eigenvalue weighted by molar-refractivity contribution is 5.91. The summed E-state index contributed by atoms with van der Waals surface area (Å²) in [6.45, 7) is 6.86. The van der Waals surface area contributed by atoms with Crippen molar-refractivity contribution in [1.82, 2.24) is 25.3 Å². The average Bonchev–Trinajstić information content (AvgIpc) is 2.66. The molecule has 2 N–H and O–H groups in total. The number of nitrogens with one attached hydrogen (secondary N) is 2. The molecule has 0 unspecified atom stereocenters. The van der Waals surface area contributed by atoms with Crippen molar-refractivity contribution in [1.29, 1.82) is 0 Å². The van der Waals surface area contributed by atoms with Crippen molar-refractivity contribution in [3.63, 3.8) is 0 Å². The van der Waals surface area contributed by atoms with Gasteiger partial charge in [0.1, 0.15) is 23.2 Å². The van der Waals surface area contributed by atoms with Crippen LogP contribution in [0, 0.1) is 13.8 Å². The van der Waals surface area contributed by atoms with Crippen molar-refractivity contribution in [2.45, 2.75) is 33.1 Å². The molecule has 1 amide bonds. The molecule has 0 aromatic carbocycles. The number of nitrogens with zero attached hydrogens (tertiary/aromatic N) is 5. The predicted molar refractivity (Wildman–Crippen MR) is 100 cm³/mol. The second kappa shape index (κ2) is 8.55. The van der Waals surface area contributed by atoms with E-state index in [1.165, 1.54) is 25.5 Å². The van der Waals surface area contributed by atoms with E-state index in [0.29, 0.717) is 18.8 Å². The highest BCUT2D eigenvalue weighted by Gasteiger charge is 2.14.